The number of ether oxygens (including phenoxy) is 1. The number of nitrogens with one attached hydrogen (secondary N) is 2. The average molecular weight is 449 g/mol. The van der Waals surface area contributed by atoms with Crippen LogP contribution in [0.2, 0.25) is 0 Å². The van der Waals surface area contributed by atoms with Crippen LogP contribution < -0.4 is 15.4 Å². The number of carbonyl (C=O) groups is 2. The van der Waals surface area contributed by atoms with E-state index in [1.807, 2.05) is 20.8 Å². The molecule has 0 fully saturated rings. The lowest BCUT2D eigenvalue weighted by Gasteiger charge is -2.20. The van der Waals surface area contributed by atoms with Gasteiger partial charge in [-0.3, -0.25) is 9.59 Å². The molecule has 1 atom stereocenters. The quantitative estimate of drug-likeness (QED) is 0.520. The summed E-state index contributed by atoms with van der Waals surface area (Å²) in [6.45, 7) is 2.57. The van der Waals surface area contributed by atoms with E-state index in [1.54, 1.807) is 18.2 Å². The van der Waals surface area contributed by atoms with Crippen LogP contribution in [-0.4, -0.2) is 29.5 Å². The Labute approximate surface area is 181 Å². The van der Waals surface area contributed by atoms with Crippen molar-refractivity contribution in [1.29, 1.82) is 0 Å². The molecule has 3 rings (SSSR count). The van der Waals surface area contributed by atoms with Gasteiger partial charge in [-0.2, -0.15) is 8.78 Å². The molecule has 2 aromatic heterocycles. The third kappa shape index (κ3) is 5.66. The summed E-state index contributed by atoms with van der Waals surface area (Å²) in [7, 11) is 0. The number of alkyl halides is 2. The first kappa shape index (κ1) is 22.4. The van der Waals surface area contributed by atoms with Crippen molar-refractivity contribution in [2.45, 2.75) is 33.4 Å². The Balaban J connectivity index is 1.71. The maximum Gasteiger partial charge on any atom is 0.387 e. The van der Waals surface area contributed by atoms with Crippen LogP contribution in [0.25, 0.3) is 11.3 Å². The standard InChI is InChI=1S/C21H21F2N3O4S/c1-11(2)16(24-18(27)15-5-4-10-29-15)19(28)26-21-25-17(12(3)31-21)13-6-8-14(9-7-13)30-20(22)23/h4-11,16,20H,1-3H3,(H,24,27)(H,25,26,28). The van der Waals surface area contributed by atoms with E-state index >= 15 is 0 Å². The number of nitrogens with zero attached hydrogens (tertiary/aromatic N) is 1. The maximum atomic E-state index is 12.8. The molecule has 3 aromatic rings. The number of aryl methyl sites for hydroxylation is 1. The highest BCUT2D eigenvalue weighted by Crippen LogP contribution is 2.31. The average Bonchev–Trinajstić information content (AvgIpc) is 3.36. The lowest BCUT2D eigenvalue weighted by atomic mass is 10.0. The second-order valence-electron chi connectivity index (χ2n) is 6.99. The SMILES string of the molecule is Cc1sc(NC(=O)C(NC(=O)c2ccco2)C(C)C)nc1-c1ccc(OC(F)F)cc1. The van der Waals surface area contributed by atoms with Gasteiger partial charge in [0.1, 0.15) is 11.8 Å². The van der Waals surface area contributed by atoms with Crippen LogP contribution in [0.3, 0.4) is 0 Å². The number of thiazole rings is 1. The summed E-state index contributed by atoms with van der Waals surface area (Å²) >= 11 is 1.27. The lowest BCUT2D eigenvalue weighted by molar-refractivity contribution is -0.118. The fourth-order valence-electron chi connectivity index (χ4n) is 2.85. The first-order chi connectivity index (χ1) is 14.7. The van der Waals surface area contributed by atoms with Crippen LogP contribution in [0.5, 0.6) is 5.75 Å². The molecule has 0 aliphatic carbocycles. The monoisotopic (exact) mass is 449 g/mol. The van der Waals surface area contributed by atoms with Gasteiger partial charge < -0.3 is 19.8 Å². The molecule has 31 heavy (non-hydrogen) atoms. The highest BCUT2D eigenvalue weighted by Gasteiger charge is 2.26. The Kier molecular flexibility index (Phi) is 7.01. The molecule has 1 unspecified atom stereocenters. The molecule has 164 valence electrons. The summed E-state index contributed by atoms with van der Waals surface area (Å²) in [4.78, 5) is 30.3. The third-order valence-electron chi connectivity index (χ3n) is 4.36. The number of anilines is 1. The summed E-state index contributed by atoms with van der Waals surface area (Å²) in [5.41, 5.74) is 1.31. The van der Waals surface area contributed by atoms with E-state index in [0.717, 1.165) is 4.88 Å². The molecule has 0 saturated heterocycles. The first-order valence-corrected chi connectivity index (χ1v) is 10.2. The zero-order valence-electron chi connectivity index (χ0n) is 17.0. The summed E-state index contributed by atoms with van der Waals surface area (Å²) < 4.78 is 34.0. The Hall–Kier alpha value is -3.27. The smallest absolute Gasteiger partial charge is 0.387 e. The predicted molar refractivity (Wildman–Crippen MR) is 112 cm³/mol. The molecule has 0 saturated carbocycles. The first-order valence-electron chi connectivity index (χ1n) is 9.42. The summed E-state index contributed by atoms with van der Waals surface area (Å²) in [6, 6.07) is 8.40. The summed E-state index contributed by atoms with van der Waals surface area (Å²) in [5.74, 6) is -0.906. The Bertz CT molecular complexity index is 1030. The van der Waals surface area contributed by atoms with Crippen LogP contribution in [0.1, 0.15) is 29.3 Å². The van der Waals surface area contributed by atoms with Crippen LogP contribution >= 0.6 is 11.3 Å². The van der Waals surface area contributed by atoms with Crippen molar-refractivity contribution in [2.24, 2.45) is 5.92 Å². The molecule has 7 nitrogen and oxygen atoms in total. The molecular formula is C21H21F2N3O4S. The second-order valence-corrected chi connectivity index (χ2v) is 8.19. The fourth-order valence-corrected chi connectivity index (χ4v) is 3.69. The van der Waals surface area contributed by atoms with Gasteiger partial charge in [0.05, 0.1) is 12.0 Å². The third-order valence-corrected chi connectivity index (χ3v) is 5.25. The number of halogens is 2. The number of carbonyl (C=O) groups excluding carboxylic acids is 2. The Morgan fingerprint density at radius 1 is 1.16 bits per heavy atom. The van der Waals surface area contributed by atoms with Crippen molar-refractivity contribution >= 4 is 28.3 Å². The van der Waals surface area contributed by atoms with Gasteiger partial charge >= 0.3 is 6.61 Å². The largest absolute Gasteiger partial charge is 0.459 e. The highest BCUT2D eigenvalue weighted by atomic mass is 32.1. The van der Waals surface area contributed by atoms with E-state index in [9.17, 15) is 18.4 Å². The second kappa shape index (κ2) is 9.69. The van der Waals surface area contributed by atoms with E-state index in [4.69, 9.17) is 4.42 Å². The molecule has 0 aliphatic heterocycles. The maximum absolute atomic E-state index is 12.8. The van der Waals surface area contributed by atoms with Crippen molar-refractivity contribution in [3.05, 3.63) is 53.3 Å². The van der Waals surface area contributed by atoms with Gasteiger partial charge in [-0.05, 0) is 49.2 Å². The number of benzene rings is 1. The van der Waals surface area contributed by atoms with Gasteiger partial charge in [-0.25, -0.2) is 4.98 Å². The zero-order valence-corrected chi connectivity index (χ0v) is 17.8. The Morgan fingerprint density at radius 3 is 2.45 bits per heavy atom. The van der Waals surface area contributed by atoms with E-state index in [0.29, 0.717) is 16.4 Å². The molecule has 2 amide bonds. The van der Waals surface area contributed by atoms with Crippen molar-refractivity contribution in [1.82, 2.24) is 10.3 Å². The predicted octanol–water partition coefficient (Wildman–Crippen LogP) is 4.71. The van der Waals surface area contributed by atoms with Crippen LogP contribution in [0, 0.1) is 12.8 Å². The van der Waals surface area contributed by atoms with Crippen molar-refractivity contribution in [3.63, 3.8) is 0 Å². The van der Waals surface area contributed by atoms with E-state index < -0.39 is 24.5 Å². The summed E-state index contributed by atoms with van der Waals surface area (Å²) in [5, 5.41) is 5.78. The number of rotatable bonds is 8. The van der Waals surface area contributed by atoms with E-state index in [1.165, 1.54) is 35.8 Å². The molecule has 0 aliphatic rings. The van der Waals surface area contributed by atoms with Crippen LogP contribution in [-0.2, 0) is 4.79 Å². The number of furan rings is 1. The molecular weight excluding hydrogens is 428 g/mol. The minimum atomic E-state index is -2.89. The Morgan fingerprint density at radius 2 is 1.87 bits per heavy atom. The van der Waals surface area contributed by atoms with Gasteiger partial charge in [0.25, 0.3) is 5.91 Å². The number of hydrogen-bond donors (Lipinski definition) is 2. The van der Waals surface area contributed by atoms with Crippen LogP contribution in [0.4, 0.5) is 13.9 Å². The fraction of sp³-hybridized carbons (Fsp3) is 0.286. The number of hydrogen-bond acceptors (Lipinski definition) is 6. The molecule has 2 heterocycles. The molecule has 0 bridgehead atoms. The van der Waals surface area contributed by atoms with Gasteiger partial charge in [-0.15, -0.1) is 11.3 Å². The van der Waals surface area contributed by atoms with Gasteiger partial charge in [0.2, 0.25) is 5.91 Å². The molecule has 0 radical (unpaired) electrons. The normalized spacial score (nSPS) is 12.1. The molecule has 10 heteroatoms. The minimum absolute atomic E-state index is 0.0484. The van der Waals surface area contributed by atoms with E-state index in [2.05, 4.69) is 20.4 Å². The van der Waals surface area contributed by atoms with Crippen molar-refractivity contribution in [2.75, 3.05) is 5.32 Å². The lowest BCUT2D eigenvalue weighted by Crippen LogP contribution is -2.47. The van der Waals surface area contributed by atoms with Crippen molar-refractivity contribution < 1.29 is 27.5 Å². The topological polar surface area (TPSA) is 93.5 Å². The van der Waals surface area contributed by atoms with Crippen LogP contribution in [0.15, 0.2) is 47.1 Å². The molecule has 2 N–H and O–H groups in total. The van der Waals surface area contributed by atoms with Gasteiger partial charge in [-0.1, -0.05) is 13.8 Å². The number of aromatic nitrogens is 1. The van der Waals surface area contributed by atoms with Gasteiger partial charge in [0.15, 0.2) is 10.9 Å². The molecule has 0 spiro atoms. The van der Waals surface area contributed by atoms with E-state index in [-0.39, 0.29) is 17.4 Å². The highest BCUT2D eigenvalue weighted by molar-refractivity contribution is 7.16. The minimum Gasteiger partial charge on any atom is -0.459 e. The summed E-state index contributed by atoms with van der Waals surface area (Å²) in [6.07, 6.45) is 1.38. The van der Waals surface area contributed by atoms with Crippen molar-refractivity contribution in [3.8, 4) is 17.0 Å². The van der Waals surface area contributed by atoms with Gasteiger partial charge in [0, 0.05) is 10.4 Å². The zero-order chi connectivity index (χ0) is 22.5. The number of amides is 2. The molecule has 1 aromatic carbocycles.